The second kappa shape index (κ2) is 4.89. The molecule has 0 aliphatic rings. The Morgan fingerprint density at radius 1 is 0.588 bits per heavy atom. The fourth-order valence-corrected chi connectivity index (χ4v) is 1.83. The second-order valence-corrected chi connectivity index (χ2v) is 4.49. The Kier molecular flexibility index (Phi) is 3.30. The largest absolute Gasteiger partial charge is 0.0617 e. The van der Waals surface area contributed by atoms with E-state index in [2.05, 4.69) is 75.1 Å². The van der Waals surface area contributed by atoms with Crippen LogP contribution in [0.5, 0.6) is 0 Å². The van der Waals surface area contributed by atoms with Crippen molar-refractivity contribution in [1.82, 2.24) is 0 Å². The third-order valence-corrected chi connectivity index (χ3v) is 2.62. The molecule has 0 bridgehead atoms. The lowest BCUT2D eigenvalue weighted by molar-refractivity contribution is 1.37. The Hall–Kier alpha value is -2.00. The number of aryl methyl sites for hydroxylation is 3. The molecular formula is C17H16. The number of hydrogen-bond acceptors (Lipinski definition) is 0. The fourth-order valence-electron chi connectivity index (χ4n) is 1.83. The molecule has 0 aromatic heterocycles. The van der Waals surface area contributed by atoms with E-state index in [9.17, 15) is 0 Å². The van der Waals surface area contributed by atoms with Crippen LogP contribution >= 0.6 is 0 Å². The molecule has 0 atom stereocenters. The van der Waals surface area contributed by atoms with Crippen molar-refractivity contribution in [2.45, 2.75) is 20.8 Å². The Morgan fingerprint density at radius 3 is 1.71 bits per heavy atom. The molecule has 0 spiro atoms. The van der Waals surface area contributed by atoms with E-state index in [4.69, 9.17) is 0 Å². The average Bonchev–Trinajstić information content (AvgIpc) is 2.27. The number of benzene rings is 2. The predicted octanol–water partition coefficient (Wildman–Crippen LogP) is 4.01. The quantitative estimate of drug-likeness (QED) is 0.588. The lowest BCUT2D eigenvalue weighted by Gasteiger charge is -1.97. The third kappa shape index (κ3) is 3.23. The first kappa shape index (κ1) is 11.5. The summed E-state index contributed by atoms with van der Waals surface area (Å²) in [5, 5.41) is 0. The summed E-state index contributed by atoms with van der Waals surface area (Å²) < 4.78 is 0. The van der Waals surface area contributed by atoms with Gasteiger partial charge in [-0.25, -0.2) is 0 Å². The molecule has 0 aliphatic carbocycles. The van der Waals surface area contributed by atoms with E-state index in [0.29, 0.717) is 0 Å². The monoisotopic (exact) mass is 220 g/mol. The van der Waals surface area contributed by atoms with Crippen LogP contribution in [0.15, 0.2) is 42.5 Å². The molecule has 0 fully saturated rings. The first-order valence-electron chi connectivity index (χ1n) is 5.80. The topological polar surface area (TPSA) is 0 Å². The summed E-state index contributed by atoms with van der Waals surface area (Å²) in [6, 6.07) is 14.7. The molecule has 0 saturated heterocycles. The Balaban J connectivity index is 2.29. The highest BCUT2D eigenvalue weighted by Crippen LogP contribution is 2.08. The molecule has 0 heteroatoms. The summed E-state index contributed by atoms with van der Waals surface area (Å²) >= 11 is 0. The Labute approximate surface area is 103 Å². The Morgan fingerprint density at radius 2 is 1.12 bits per heavy atom. The van der Waals surface area contributed by atoms with Crippen molar-refractivity contribution in [1.29, 1.82) is 0 Å². The van der Waals surface area contributed by atoms with Gasteiger partial charge in [-0.3, -0.25) is 0 Å². The van der Waals surface area contributed by atoms with E-state index < -0.39 is 0 Å². The van der Waals surface area contributed by atoms with Crippen LogP contribution in [0.2, 0.25) is 0 Å². The van der Waals surface area contributed by atoms with Crippen LogP contribution in [0.25, 0.3) is 0 Å². The van der Waals surface area contributed by atoms with Crippen molar-refractivity contribution < 1.29 is 0 Å². The van der Waals surface area contributed by atoms with Gasteiger partial charge in [0.15, 0.2) is 0 Å². The highest BCUT2D eigenvalue weighted by Gasteiger charge is 1.92. The van der Waals surface area contributed by atoms with Crippen molar-refractivity contribution in [2.24, 2.45) is 0 Å². The van der Waals surface area contributed by atoms with Gasteiger partial charge in [0.1, 0.15) is 0 Å². The van der Waals surface area contributed by atoms with E-state index in [-0.39, 0.29) is 0 Å². The van der Waals surface area contributed by atoms with E-state index in [1.807, 2.05) is 0 Å². The van der Waals surface area contributed by atoms with E-state index in [1.165, 1.54) is 16.7 Å². The molecule has 0 heterocycles. The van der Waals surface area contributed by atoms with Crippen LogP contribution in [0.1, 0.15) is 27.8 Å². The van der Waals surface area contributed by atoms with Gasteiger partial charge in [0.2, 0.25) is 0 Å². The number of hydrogen-bond donors (Lipinski definition) is 0. The summed E-state index contributed by atoms with van der Waals surface area (Å²) in [4.78, 5) is 0. The van der Waals surface area contributed by atoms with Gasteiger partial charge in [0.25, 0.3) is 0 Å². The summed E-state index contributed by atoms with van der Waals surface area (Å²) in [6.07, 6.45) is 0. The number of rotatable bonds is 0. The fraction of sp³-hybridized carbons (Fsp3) is 0.176. The molecule has 0 unspecified atom stereocenters. The van der Waals surface area contributed by atoms with Gasteiger partial charge >= 0.3 is 0 Å². The molecule has 0 aliphatic heterocycles. The molecule has 0 radical (unpaired) electrons. The summed E-state index contributed by atoms with van der Waals surface area (Å²) in [5.41, 5.74) is 5.94. The molecule has 2 rings (SSSR count). The van der Waals surface area contributed by atoms with Crippen molar-refractivity contribution >= 4 is 0 Å². The molecule has 2 aromatic rings. The van der Waals surface area contributed by atoms with Gasteiger partial charge in [0, 0.05) is 11.1 Å². The van der Waals surface area contributed by atoms with Gasteiger partial charge in [-0.05, 0) is 56.2 Å². The summed E-state index contributed by atoms with van der Waals surface area (Å²) in [7, 11) is 0. The predicted molar refractivity (Wildman–Crippen MR) is 73.1 cm³/mol. The summed E-state index contributed by atoms with van der Waals surface area (Å²) in [5.74, 6) is 6.40. The van der Waals surface area contributed by atoms with Gasteiger partial charge in [0.05, 0.1) is 0 Å². The van der Waals surface area contributed by atoms with Gasteiger partial charge < -0.3 is 0 Å². The zero-order valence-corrected chi connectivity index (χ0v) is 10.5. The zero-order chi connectivity index (χ0) is 12.3. The molecule has 17 heavy (non-hydrogen) atoms. The van der Waals surface area contributed by atoms with E-state index >= 15 is 0 Å². The average molecular weight is 220 g/mol. The normalized spacial score (nSPS) is 9.59. The van der Waals surface area contributed by atoms with Crippen molar-refractivity contribution in [3.63, 3.8) is 0 Å². The van der Waals surface area contributed by atoms with Crippen LogP contribution < -0.4 is 0 Å². The lowest BCUT2D eigenvalue weighted by Crippen LogP contribution is -1.81. The molecule has 0 N–H and O–H groups in total. The van der Waals surface area contributed by atoms with Crippen molar-refractivity contribution in [3.8, 4) is 11.8 Å². The van der Waals surface area contributed by atoms with Gasteiger partial charge in [-0.15, -0.1) is 0 Å². The molecule has 0 amide bonds. The maximum Gasteiger partial charge on any atom is 0.0254 e. The minimum atomic E-state index is 1.06. The van der Waals surface area contributed by atoms with Crippen LogP contribution in [-0.4, -0.2) is 0 Å². The van der Waals surface area contributed by atoms with Crippen molar-refractivity contribution in [2.75, 3.05) is 0 Å². The highest BCUT2D eigenvalue weighted by molar-refractivity contribution is 5.45. The maximum absolute atomic E-state index is 3.21. The first-order chi connectivity index (χ1) is 8.13. The third-order valence-electron chi connectivity index (χ3n) is 2.62. The minimum Gasteiger partial charge on any atom is -0.0617 e. The van der Waals surface area contributed by atoms with E-state index in [0.717, 1.165) is 11.1 Å². The zero-order valence-electron chi connectivity index (χ0n) is 10.5. The molecular weight excluding hydrogens is 204 g/mol. The van der Waals surface area contributed by atoms with Crippen LogP contribution in [0, 0.1) is 32.6 Å². The van der Waals surface area contributed by atoms with Crippen LogP contribution in [-0.2, 0) is 0 Å². The second-order valence-electron chi connectivity index (χ2n) is 4.49. The molecule has 0 saturated carbocycles. The van der Waals surface area contributed by atoms with Gasteiger partial charge in [-0.1, -0.05) is 35.6 Å². The standard InChI is InChI=1S/C17H16/c1-13-4-6-16(7-5-13)8-9-17-11-14(2)10-15(3)12-17/h4-7,10-12H,1-3H3. The van der Waals surface area contributed by atoms with E-state index in [1.54, 1.807) is 0 Å². The molecule has 2 aromatic carbocycles. The lowest BCUT2D eigenvalue weighted by atomic mass is 10.1. The molecule has 0 nitrogen and oxygen atoms in total. The SMILES string of the molecule is Cc1ccc(C#Cc2cc(C)cc(C)c2)cc1. The maximum atomic E-state index is 3.21. The van der Waals surface area contributed by atoms with Crippen LogP contribution in [0.3, 0.4) is 0 Å². The molecule has 84 valence electrons. The summed E-state index contributed by atoms with van der Waals surface area (Å²) in [6.45, 7) is 6.29. The van der Waals surface area contributed by atoms with Crippen molar-refractivity contribution in [3.05, 3.63) is 70.3 Å². The highest BCUT2D eigenvalue weighted by atomic mass is 14.0. The Bertz CT molecular complexity index is 557. The van der Waals surface area contributed by atoms with Gasteiger partial charge in [-0.2, -0.15) is 0 Å². The first-order valence-corrected chi connectivity index (χ1v) is 5.80. The minimum absolute atomic E-state index is 1.06. The smallest absolute Gasteiger partial charge is 0.0254 e. The van der Waals surface area contributed by atoms with Crippen LogP contribution in [0.4, 0.5) is 0 Å².